The Morgan fingerprint density at radius 1 is 1.13 bits per heavy atom. The van der Waals surface area contributed by atoms with E-state index in [1.807, 2.05) is 19.1 Å². The molecule has 23 heavy (non-hydrogen) atoms. The molecule has 2 N–H and O–H groups in total. The summed E-state index contributed by atoms with van der Waals surface area (Å²) in [6, 6.07) is 9.90. The van der Waals surface area contributed by atoms with E-state index in [1.165, 1.54) is 22.9 Å². The summed E-state index contributed by atoms with van der Waals surface area (Å²) in [5.74, 6) is 2.25. The van der Waals surface area contributed by atoms with Gasteiger partial charge in [-0.25, -0.2) is 9.97 Å². The van der Waals surface area contributed by atoms with Gasteiger partial charge >= 0.3 is 0 Å². The Hall–Kier alpha value is -2.41. The van der Waals surface area contributed by atoms with Crippen molar-refractivity contribution in [3.8, 4) is 0 Å². The van der Waals surface area contributed by atoms with Crippen LogP contribution in [0.4, 0.5) is 5.82 Å². The molecule has 7 heteroatoms. The van der Waals surface area contributed by atoms with Crippen molar-refractivity contribution in [2.24, 2.45) is 0 Å². The third kappa shape index (κ3) is 4.07. The first-order valence-corrected chi connectivity index (χ1v) is 8.18. The molecule has 0 bridgehead atoms. The van der Waals surface area contributed by atoms with Gasteiger partial charge in [-0.2, -0.15) is 4.98 Å². The lowest BCUT2D eigenvalue weighted by molar-refractivity contribution is 0.381. The molecule has 0 atom stereocenters. The van der Waals surface area contributed by atoms with Gasteiger partial charge in [0, 0.05) is 11.8 Å². The number of hydrogen-bond donors (Lipinski definition) is 1. The number of thioether (sulfide) groups is 1. The maximum atomic E-state index is 5.72. The Morgan fingerprint density at radius 3 is 2.74 bits per heavy atom. The highest BCUT2D eigenvalue weighted by molar-refractivity contribution is 7.98. The van der Waals surface area contributed by atoms with Crippen LogP contribution in [0.15, 0.2) is 40.0 Å². The normalized spacial score (nSPS) is 10.9. The van der Waals surface area contributed by atoms with E-state index in [2.05, 4.69) is 39.2 Å². The first-order valence-electron chi connectivity index (χ1n) is 7.20. The van der Waals surface area contributed by atoms with Crippen molar-refractivity contribution >= 4 is 17.6 Å². The van der Waals surface area contributed by atoms with Crippen LogP contribution in [0.3, 0.4) is 0 Å². The fourth-order valence-electron chi connectivity index (χ4n) is 2.15. The Labute approximate surface area is 138 Å². The molecule has 0 radical (unpaired) electrons. The van der Waals surface area contributed by atoms with E-state index in [0.29, 0.717) is 34.9 Å². The van der Waals surface area contributed by atoms with Crippen molar-refractivity contribution in [3.05, 3.63) is 58.9 Å². The molecule has 0 amide bonds. The summed E-state index contributed by atoms with van der Waals surface area (Å²) in [6.07, 6.45) is 0.637. The fourth-order valence-corrected chi connectivity index (χ4v) is 2.90. The van der Waals surface area contributed by atoms with Crippen LogP contribution in [0, 0.1) is 13.8 Å². The third-order valence-electron chi connectivity index (χ3n) is 3.30. The number of nitrogens with zero attached hydrogens (tertiary/aromatic N) is 4. The molecule has 3 aromatic rings. The van der Waals surface area contributed by atoms with Crippen LogP contribution in [0.25, 0.3) is 0 Å². The van der Waals surface area contributed by atoms with E-state index >= 15 is 0 Å². The monoisotopic (exact) mass is 327 g/mol. The number of anilines is 1. The Bertz CT molecular complexity index is 797. The average Bonchev–Trinajstić information content (AvgIpc) is 2.94. The van der Waals surface area contributed by atoms with Gasteiger partial charge in [0.25, 0.3) is 0 Å². The second kappa shape index (κ2) is 6.78. The van der Waals surface area contributed by atoms with E-state index in [-0.39, 0.29) is 0 Å². The second-order valence-electron chi connectivity index (χ2n) is 5.21. The maximum Gasteiger partial charge on any atom is 0.231 e. The number of rotatable bonds is 5. The molecule has 0 fully saturated rings. The molecule has 0 saturated heterocycles. The molecule has 0 aliphatic heterocycles. The van der Waals surface area contributed by atoms with Crippen molar-refractivity contribution in [2.75, 3.05) is 5.73 Å². The highest BCUT2D eigenvalue weighted by Gasteiger charge is 2.10. The lowest BCUT2D eigenvalue weighted by atomic mass is 10.1. The molecule has 2 aromatic heterocycles. The van der Waals surface area contributed by atoms with Crippen LogP contribution >= 0.6 is 11.8 Å². The quantitative estimate of drug-likeness (QED) is 0.569. The summed E-state index contributed by atoms with van der Waals surface area (Å²) in [7, 11) is 0. The third-order valence-corrected chi connectivity index (χ3v) is 4.14. The van der Waals surface area contributed by atoms with Crippen LogP contribution in [0.2, 0.25) is 0 Å². The number of aromatic nitrogens is 4. The Balaban J connectivity index is 1.64. The summed E-state index contributed by atoms with van der Waals surface area (Å²) in [5.41, 5.74) is 8.96. The number of hydrogen-bond acceptors (Lipinski definition) is 7. The zero-order valence-corrected chi connectivity index (χ0v) is 13.8. The summed E-state index contributed by atoms with van der Waals surface area (Å²) in [5, 5.41) is 4.63. The molecule has 1 aromatic carbocycles. The van der Waals surface area contributed by atoms with Crippen LogP contribution in [0.5, 0.6) is 0 Å². The lowest BCUT2D eigenvalue weighted by Crippen LogP contribution is -1.97. The van der Waals surface area contributed by atoms with Crippen LogP contribution < -0.4 is 5.73 Å². The van der Waals surface area contributed by atoms with Gasteiger partial charge in [-0.15, -0.1) is 0 Å². The van der Waals surface area contributed by atoms with E-state index in [1.54, 1.807) is 6.07 Å². The predicted molar refractivity (Wildman–Crippen MR) is 89.0 cm³/mol. The molecule has 0 saturated carbocycles. The summed E-state index contributed by atoms with van der Waals surface area (Å²) < 4.78 is 5.32. The molecular formula is C16H17N5OS. The van der Waals surface area contributed by atoms with Gasteiger partial charge in [-0.05, 0) is 25.0 Å². The highest BCUT2D eigenvalue weighted by atomic mass is 32.2. The molecule has 0 aliphatic rings. The van der Waals surface area contributed by atoms with E-state index < -0.39 is 0 Å². The van der Waals surface area contributed by atoms with Gasteiger partial charge < -0.3 is 10.3 Å². The zero-order chi connectivity index (χ0) is 16.2. The van der Waals surface area contributed by atoms with Crippen molar-refractivity contribution in [1.29, 1.82) is 0 Å². The minimum absolute atomic E-state index is 0.466. The van der Waals surface area contributed by atoms with Gasteiger partial charge in [-0.1, -0.05) is 41.2 Å². The Kier molecular flexibility index (Phi) is 4.57. The molecule has 6 nitrogen and oxygen atoms in total. The summed E-state index contributed by atoms with van der Waals surface area (Å²) in [6.45, 7) is 3.96. The fraction of sp³-hybridized carbons (Fsp3) is 0.250. The van der Waals surface area contributed by atoms with E-state index in [9.17, 15) is 0 Å². The SMILES string of the molecule is Cc1cc(N)nc(SCc2noc(Cc3ccccc3C)n2)n1. The highest BCUT2D eigenvalue weighted by Crippen LogP contribution is 2.20. The molecule has 0 spiro atoms. The summed E-state index contributed by atoms with van der Waals surface area (Å²) in [4.78, 5) is 12.9. The van der Waals surface area contributed by atoms with Crippen molar-refractivity contribution in [3.63, 3.8) is 0 Å². The van der Waals surface area contributed by atoms with Gasteiger partial charge in [0.05, 0.1) is 12.2 Å². The van der Waals surface area contributed by atoms with Crippen LogP contribution in [-0.4, -0.2) is 20.1 Å². The standard InChI is InChI=1S/C16H17N5OS/c1-10-5-3-4-6-12(10)8-15-20-14(21-22-15)9-23-16-18-11(2)7-13(17)19-16/h3-7H,8-9H2,1-2H3,(H2,17,18,19). The zero-order valence-electron chi connectivity index (χ0n) is 13.0. The second-order valence-corrected chi connectivity index (χ2v) is 6.16. The topological polar surface area (TPSA) is 90.7 Å². The first kappa shape index (κ1) is 15.5. The van der Waals surface area contributed by atoms with Crippen LogP contribution in [0.1, 0.15) is 28.5 Å². The molecule has 0 aliphatic carbocycles. The Morgan fingerprint density at radius 2 is 1.96 bits per heavy atom. The van der Waals surface area contributed by atoms with Crippen LogP contribution in [-0.2, 0) is 12.2 Å². The number of aryl methyl sites for hydroxylation is 2. The number of nitrogens with two attached hydrogens (primary N) is 1. The van der Waals surface area contributed by atoms with Gasteiger partial charge in [-0.3, -0.25) is 0 Å². The van der Waals surface area contributed by atoms with Crippen molar-refractivity contribution in [1.82, 2.24) is 20.1 Å². The van der Waals surface area contributed by atoms with E-state index in [0.717, 1.165) is 5.69 Å². The maximum absolute atomic E-state index is 5.72. The van der Waals surface area contributed by atoms with E-state index in [4.69, 9.17) is 10.3 Å². The predicted octanol–water partition coefficient (Wildman–Crippen LogP) is 2.94. The minimum atomic E-state index is 0.466. The average molecular weight is 327 g/mol. The molecule has 2 heterocycles. The van der Waals surface area contributed by atoms with Crippen molar-refractivity contribution in [2.45, 2.75) is 31.2 Å². The molecule has 118 valence electrons. The van der Waals surface area contributed by atoms with Gasteiger partial charge in [0.15, 0.2) is 11.0 Å². The smallest absolute Gasteiger partial charge is 0.231 e. The lowest BCUT2D eigenvalue weighted by Gasteiger charge is -2.01. The number of nitrogen functional groups attached to an aromatic ring is 1. The van der Waals surface area contributed by atoms with Crippen molar-refractivity contribution < 1.29 is 4.52 Å². The minimum Gasteiger partial charge on any atom is -0.384 e. The number of benzene rings is 1. The molecule has 3 rings (SSSR count). The largest absolute Gasteiger partial charge is 0.384 e. The molecule has 0 unspecified atom stereocenters. The summed E-state index contributed by atoms with van der Waals surface area (Å²) >= 11 is 1.44. The van der Waals surface area contributed by atoms with Gasteiger partial charge in [0.1, 0.15) is 5.82 Å². The van der Waals surface area contributed by atoms with Gasteiger partial charge in [0.2, 0.25) is 5.89 Å². The molecular weight excluding hydrogens is 310 g/mol. The first-order chi connectivity index (χ1) is 11.1.